The first-order valence-electron chi connectivity index (χ1n) is 6.53. The third-order valence-corrected chi connectivity index (χ3v) is 3.91. The number of oxime groups is 1. The summed E-state index contributed by atoms with van der Waals surface area (Å²) in [5, 5.41) is 22.5. The maximum absolute atomic E-state index is 12.5. The van der Waals surface area contributed by atoms with Gasteiger partial charge in [-0.2, -0.15) is 0 Å². The van der Waals surface area contributed by atoms with Crippen LogP contribution in [0.4, 0.5) is 0 Å². The second kappa shape index (κ2) is 5.10. The number of amidine groups is 1. The van der Waals surface area contributed by atoms with Crippen LogP contribution >= 0.6 is 0 Å². The van der Waals surface area contributed by atoms with E-state index in [0.29, 0.717) is 24.6 Å². The molecule has 0 saturated heterocycles. The maximum Gasteiger partial charge on any atom is 0.234 e. The van der Waals surface area contributed by atoms with Crippen LogP contribution in [-0.2, 0) is 11.8 Å². The molecule has 0 radical (unpaired) electrons. The molecule has 2 rings (SSSR count). The summed E-state index contributed by atoms with van der Waals surface area (Å²) in [6.07, 6.45) is 2.74. The van der Waals surface area contributed by atoms with Crippen LogP contribution in [0, 0.1) is 11.3 Å². The van der Waals surface area contributed by atoms with Crippen molar-refractivity contribution in [1.82, 2.24) is 20.1 Å². The number of hydrogen-bond acceptors (Lipinski definition) is 5. The fourth-order valence-corrected chi connectivity index (χ4v) is 2.82. The summed E-state index contributed by atoms with van der Waals surface area (Å²) in [6, 6.07) is -0.297. The predicted octanol–water partition coefficient (Wildman–Crippen LogP) is 0.155. The Hall–Kier alpha value is -2.12. The molecule has 0 aliphatic heterocycles. The van der Waals surface area contributed by atoms with Gasteiger partial charge in [-0.3, -0.25) is 4.79 Å². The summed E-state index contributed by atoms with van der Waals surface area (Å²) in [5.74, 6) is 0.770. The maximum atomic E-state index is 12.5. The van der Waals surface area contributed by atoms with Gasteiger partial charge in [-0.15, -0.1) is 10.2 Å². The van der Waals surface area contributed by atoms with Crippen LogP contribution in [0.1, 0.15) is 38.6 Å². The molecule has 1 aliphatic rings. The summed E-state index contributed by atoms with van der Waals surface area (Å²) < 4.78 is 1.74. The summed E-state index contributed by atoms with van der Waals surface area (Å²) in [5.41, 5.74) is 4.80. The molecule has 1 heterocycles. The van der Waals surface area contributed by atoms with E-state index in [1.807, 2.05) is 20.9 Å². The van der Waals surface area contributed by atoms with Crippen molar-refractivity contribution in [3.05, 3.63) is 12.2 Å². The minimum absolute atomic E-state index is 0.0294. The smallest absolute Gasteiger partial charge is 0.234 e. The lowest BCUT2D eigenvalue weighted by Gasteiger charge is -2.44. The van der Waals surface area contributed by atoms with Crippen LogP contribution in [0.3, 0.4) is 0 Å². The zero-order valence-electron chi connectivity index (χ0n) is 11.9. The molecule has 20 heavy (non-hydrogen) atoms. The lowest BCUT2D eigenvalue weighted by atomic mass is 9.61. The van der Waals surface area contributed by atoms with Crippen molar-refractivity contribution in [2.75, 3.05) is 0 Å². The van der Waals surface area contributed by atoms with Gasteiger partial charge in [0.25, 0.3) is 0 Å². The Bertz CT molecular complexity index is 532. The van der Waals surface area contributed by atoms with Crippen molar-refractivity contribution in [3.63, 3.8) is 0 Å². The Morgan fingerprint density at radius 2 is 2.35 bits per heavy atom. The van der Waals surface area contributed by atoms with E-state index in [1.54, 1.807) is 10.9 Å². The van der Waals surface area contributed by atoms with Crippen LogP contribution in [-0.4, -0.2) is 31.7 Å². The van der Waals surface area contributed by atoms with Crippen LogP contribution < -0.4 is 11.1 Å². The molecule has 0 bridgehead atoms. The lowest BCUT2D eigenvalue weighted by molar-refractivity contribution is -0.133. The first kappa shape index (κ1) is 14.3. The van der Waals surface area contributed by atoms with E-state index < -0.39 is 5.41 Å². The zero-order chi connectivity index (χ0) is 14.9. The number of nitrogens with two attached hydrogens (primary N) is 1. The molecule has 1 aliphatic carbocycles. The van der Waals surface area contributed by atoms with Crippen molar-refractivity contribution in [1.29, 1.82) is 0 Å². The van der Waals surface area contributed by atoms with E-state index in [-0.39, 0.29) is 17.8 Å². The monoisotopic (exact) mass is 280 g/mol. The molecule has 1 saturated carbocycles. The van der Waals surface area contributed by atoms with Crippen molar-refractivity contribution in [3.8, 4) is 0 Å². The number of nitrogens with zero attached hydrogens (tertiary/aromatic N) is 4. The Balaban J connectivity index is 2.13. The van der Waals surface area contributed by atoms with Gasteiger partial charge >= 0.3 is 0 Å². The molecule has 0 spiro atoms. The number of carbonyl (C=O) groups is 1. The van der Waals surface area contributed by atoms with Crippen molar-refractivity contribution < 1.29 is 10.0 Å². The molecule has 1 unspecified atom stereocenters. The van der Waals surface area contributed by atoms with Gasteiger partial charge in [0.2, 0.25) is 5.91 Å². The standard InChI is InChI=1S/C12H20N6O2/c1-7-4-12(5-7,10(13)17-20)11(19)15-8(2)9-16-14-6-18(9)3/h6-8,20H,4-5H2,1-3H3,(H2,13,17)(H,15,19). The van der Waals surface area contributed by atoms with E-state index in [4.69, 9.17) is 10.9 Å². The first-order chi connectivity index (χ1) is 9.40. The molecule has 8 nitrogen and oxygen atoms in total. The van der Waals surface area contributed by atoms with Crippen LogP contribution in [0.15, 0.2) is 11.5 Å². The second-order valence-electron chi connectivity index (χ2n) is 5.58. The topological polar surface area (TPSA) is 118 Å². The van der Waals surface area contributed by atoms with Gasteiger partial charge in [-0.25, -0.2) is 0 Å². The van der Waals surface area contributed by atoms with E-state index in [9.17, 15) is 4.79 Å². The molecule has 8 heteroatoms. The summed E-state index contributed by atoms with van der Waals surface area (Å²) in [7, 11) is 1.81. The van der Waals surface area contributed by atoms with Gasteiger partial charge < -0.3 is 20.8 Å². The first-order valence-corrected chi connectivity index (χ1v) is 6.53. The number of aryl methyl sites for hydroxylation is 1. The van der Waals surface area contributed by atoms with Crippen LogP contribution in [0.5, 0.6) is 0 Å². The average Bonchev–Trinajstić information content (AvgIpc) is 2.79. The fraction of sp³-hybridized carbons (Fsp3) is 0.667. The lowest BCUT2D eigenvalue weighted by Crippen LogP contribution is -2.57. The molecular formula is C12H20N6O2. The SMILES string of the molecule is CC1CC(C(=O)NC(C)c2nncn2C)(C(N)=NO)C1. The largest absolute Gasteiger partial charge is 0.409 e. The second-order valence-corrected chi connectivity index (χ2v) is 5.58. The zero-order valence-corrected chi connectivity index (χ0v) is 11.9. The summed E-state index contributed by atoms with van der Waals surface area (Å²) in [4.78, 5) is 12.5. The highest BCUT2D eigenvalue weighted by molar-refractivity contribution is 6.07. The van der Waals surface area contributed by atoms with Gasteiger partial charge in [0.1, 0.15) is 11.7 Å². The quantitative estimate of drug-likeness (QED) is 0.314. The molecule has 1 aromatic rings. The average molecular weight is 280 g/mol. The number of hydrogen-bond donors (Lipinski definition) is 3. The molecule has 1 atom stereocenters. The number of nitrogens with one attached hydrogen (secondary N) is 1. The predicted molar refractivity (Wildman–Crippen MR) is 71.8 cm³/mol. The molecule has 0 aromatic carbocycles. The third-order valence-electron chi connectivity index (χ3n) is 3.91. The Morgan fingerprint density at radius 1 is 1.70 bits per heavy atom. The highest BCUT2D eigenvalue weighted by atomic mass is 16.4. The van der Waals surface area contributed by atoms with Crippen LogP contribution in [0.2, 0.25) is 0 Å². The summed E-state index contributed by atoms with van der Waals surface area (Å²) >= 11 is 0. The minimum atomic E-state index is -0.902. The van der Waals surface area contributed by atoms with E-state index in [1.165, 1.54) is 0 Å². The van der Waals surface area contributed by atoms with E-state index in [0.717, 1.165) is 0 Å². The number of amides is 1. The van der Waals surface area contributed by atoms with Gasteiger partial charge in [-0.05, 0) is 25.7 Å². The molecular weight excluding hydrogens is 260 g/mol. The highest BCUT2D eigenvalue weighted by Gasteiger charge is 2.52. The molecule has 1 amide bonds. The third kappa shape index (κ3) is 2.21. The number of aromatic nitrogens is 3. The normalized spacial score (nSPS) is 27.8. The fourth-order valence-electron chi connectivity index (χ4n) is 2.82. The van der Waals surface area contributed by atoms with Crippen LogP contribution in [0.25, 0.3) is 0 Å². The number of carbonyl (C=O) groups excluding carboxylic acids is 1. The van der Waals surface area contributed by atoms with Crippen molar-refractivity contribution >= 4 is 11.7 Å². The van der Waals surface area contributed by atoms with Gasteiger partial charge in [-0.1, -0.05) is 12.1 Å². The van der Waals surface area contributed by atoms with Gasteiger partial charge in [0.05, 0.1) is 6.04 Å². The van der Waals surface area contributed by atoms with Crippen molar-refractivity contribution in [2.45, 2.75) is 32.7 Å². The van der Waals surface area contributed by atoms with Gasteiger partial charge in [0.15, 0.2) is 11.7 Å². The van der Waals surface area contributed by atoms with E-state index in [2.05, 4.69) is 20.7 Å². The van der Waals surface area contributed by atoms with Crippen molar-refractivity contribution in [2.24, 2.45) is 29.3 Å². The van der Waals surface area contributed by atoms with Gasteiger partial charge in [0, 0.05) is 7.05 Å². The molecule has 1 aromatic heterocycles. The minimum Gasteiger partial charge on any atom is -0.409 e. The Kier molecular flexibility index (Phi) is 3.65. The summed E-state index contributed by atoms with van der Waals surface area (Å²) in [6.45, 7) is 3.85. The molecule has 4 N–H and O–H groups in total. The molecule has 1 fully saturated rings. The number of rotatable bonds is 4. The van der Waals surface area contributed by atoms with E-state index >= 15 is 0 Å². The highest BCUT2D eigenvalue weighted by Crippen LogP contribution is 2.46. The Labute approximate surface area is 117 Å². The molecule has 110 valence electrons. The Morgan fingerprint density at radius 3 is 2.80 bits per heavy atom.